The number of carbonyl (C=O) groups is 2. The Morgan fingerprint density at radius 3 is 2.39 bits per heavy atom. The summed E-state index contributed by atoms with van der Waals surface area (Å²) in [5, 5.41) is 7.05. The Kier molecular flexibility index (Phi) is 5.20. The van der Waals surface area contributed by atoms with E-state index in [0.717, 1.165) is 15.9 Å². The standard InChI is InChI=1S/C16H19BrN4O2/c1-10-15(17)9-18-21(10)11(2)16(23)19-13-5-7-14(8-6-13)20(4)12(3)22/h5-9,11H,1-4H3,(H,19,23)/t11-/m1/s1. The van der Waals surface area contributed by atoms with E-state index in [2.05, 4.69) is 26.3 Å². The normalized spacial score (nSPS) is 11.9. The van der Waals surface area contributed by atoms with Gasteiger partial charge in [-0.3, -0.25) is 14.3 Å². The second kappa shape index (κ2) is 6.95. The maximum absolute atomic E-state index is 12.3. The zero-order valence-electron chi connectivity index (χ0n) is 13.5. The van der Waals surface area contributed by atoms with Gasteiger partial charge in [-0.1, -0.05) is 0 Å². The fourth-order valence-electron chi connectivity index (χ4n) is 2.10. The number of halogens is 1. The van der Waals surface area contributed by atoms with E-state index >= 15 is 0 Å². The molecule has 1 atom stereocenters. The fourth-order valence-corrected chi connectivity index (χ4v) is 2.37. The van der Waals surface area contributed by atoms with Crippen molar-refractivity contribution in [3.8, 4) is 0 Å². The predicted octanol–water partition coefficient (Wildman–Crippen LogP) is 3.14. The molecule has 1 heterocycles. The van der Waals surface area contributed by atoms with Crippen molar-refractivity contribution < 1.29 is 9.59 Å². The number of hydrogen-bond donors (Lipinski definition) is 1. The Balaban J connectivity index is 2.08. The Bertz CT molecular complexity index is 724. The molecule has 122 valence electrons. The average Bonchev–Trinajstić information content (AvgIpc) is 2.86. The largest absolute Gasteiger partial charge is 0.324 e. The first-order valence-electron chi connectivity index (χ1n) is 7.16. The monoisotopic (exact) mass is 378 g/mol. The Morgan fingerprint density at radius 1 is 1.30 bits per heavy atom. The minimum atomic E-state index is -0.430. The first-order chi connectivity index (χ1) is 10.8. The lowest BCUT2D eigenvalue weighted by atomic mass is 10.2. The molecule has 6 nitrogen and oxygen atoms in total. The number of anilines is 2. The van der Waals surface area contributed by atoms with E-state index < -0.39 is 6.04 Å². The van der Waals surface area contributed by atoms with Crippen molar-refractivity contribution >= 4 is 39.1 Å². The maximum Gasteiger partial charge on any atom is 0.248 e. The van der Waals surface area contributed by atoms with Crippen molar-refractivity contribution in [2.45, 2.75) is 26.8 Å². The van der Waals surface area contributed by atoms with Gasteiger partial charge >= 0.3 is 0 Å². The van der Waals surface area contributed by atoms with Gasteiger partial charge in [0.25, 0.3) is 0 Å². The van der Waals surface area contributed by atoms with Crippen molar-refractivity contribution in [2.75, 3.05) is 17.3 Å². The summed E-state index contributed by atoms with van der Waals surface area (Å²) in [6.07, 6.45) is 1.67. The molecule has 0 spiro atoms. The number of rotatable bonds is 4. The molecule has 7 heteroatoms. The molecule has 0 aliphatic heterocycles. The molecule has 0 radical (unpaired) electrons. The number of aromatic nitrogens is 2. The summed E-state index contributed by atoms with van der Waals surface area (Å²) in [4.78, 5) is 25.2. The van der Waals surface area contributed by atoms with Crippen LogP contribution in [0.3, 0.4) is 0 Å². The lowest BCUT2D eigenvalue weighted by Gasteiger charge is -2.17. The van der Waals surface area contributed by atoms with Gasteiger partial charge in [0, 0.05) is 25.3 Å². The van der Waals surface area contributed by atoms with Crippen molar-refractivity contribution in [1.29, 1.82) is 0 Å². The van der Waals surface area contributed by atoms with Crippen LogP contribution in [0.2, 0.25) is 0 Å². The second-order valence-corrected chi connectivity index (χ2v) is 6.17. The van der Waals surface area contributed by atoms with Gasteiger partial charge in [-0.25, -0.2) is 0 Å². The van der Waals surface area contributed by atoms with Crippen LogP contribution in [-0.4, -0.2) is 28.6 Å². The van der Waals surface area contributed by atoms with Gasteiger partial charge in [-0.2, -0.15) is 5.10 Å². The van der Waals surface area contributed by atoms with E-state index in [1.165, 1.54) is 6.92 Å². The topological polar surface area (TPSA) is 67.2 Å². The zero-order chi connectivity index (χ0) is 17.1. The van der Waals surface area contributed by atoms with Crippen LogP contribution in [0.15, 0.2) is 34.9 Å². The molecule has 0 aliphatic rings. The summed E-state index contributed by atoms with van der Waals surface area (Å²) in [5.74, 6) is -0.202. The van der Waals surface area contributed by atoms with Crippen LogP contribution in [0.4, 0.5) is 11.4 Å². The van der Waals surface area contributed by atoms with Crippen LogP contribution in [-0.2, 0) is 9.59 Å². The van der Waals surface area contributed by atoms with Crippen LogP contribution in [0.25, 0.3) is 0 Å². The molecular formula is C16H19BrN4O2. The third-order valence-corrected chi connectivity index (χ3v) is 4.50. The first-order valence-corrected chi connectivity index (χ1v) is 7.95. The molecule has 2 aromatic rings. The number of amides is 2. The second-order valence-electron chi connectivity index (χ2n) is 5.31. The molecule has 2 rings (SSSR count). The Hall–Kier alpha value is -2.15. The highest BCUT2D eigenvalue weighted by molar-refractivity contribution is 9.10. The van der Waals surface area contributed by atoms with E-state index in [1.807, 2.05) is 6.92 Å². The third-order valence-electron chi connectivity index (χ3n) is 3.73. The van der Waals surface area contributed by atoms with Crippen molar-refractivity contribution in [3.63, 3.8) is 0 Å². The van der Waals surface area contributed by atoms with Crippen LogP contribution < -0.4 is 10.2 Å². The lowest BCUT2D eigenvalue weighted by Crippen LogP contribution is -2.25. The zero-order valence-corrected chi connectivity index (χ0v) is 15.1. The van der Waals surface area contributed by atoms with E-state index in [4.69, 9.17) is 0 Å². The van der Waals surface area contributed by atoms with E-state index in [9.17, 15) is 9.59 Å². The SMILES string of the molecule is CC(=O)N(C)c1ccc(NC(=O)[C@@H](C)n2ncc(Br)c2C)cc1. The van der Waals surface area contributed by atoms with Gasteiger partial charge in [0.15, 0.2) is 0 Å². The summed E-state index contributed by atoms with van der Waals surface area (Å²) in [6, 6.07) is 6.69. The van der Waals surface area contributed by atoms with Crippen molar-refractivity contribution in [3.05, 3.63) is 40.6 Å². The summed E-state index contributed by atoms with van der Waals surface area (Å²) in [7, 11) is 1.70. The van der Waals surface area contributed by atoms with Gasteiger partial charge in [-0.15, -0.1) is 0 Å². The number of nitrogens with one attached hydrogen (secondary N) is 1. The minimum Gasteiger partial charge on any atom is -0.324 e. The molecule has 1 aromatic carbocycles. The molecule has 0 aliphatic carbocycles. The van der Waals surface area contributed by atoms with Crippen LogP contribution in [0.5, 0.6) is 0 Å². The summed E-state index contributed by atoms with van der Waals surface area (Å²) in [5.41, 5.74) is 2.34. The predicted molar refractivity (Wildman–Crippen MR) is 93.5 cm³/mol. The molecule has 0 unspecified atom stereocenters. The van der Waals surface area contributed by atoms with Crippen molar-refractivity contribution in [2.24, 2.45) is 0 Å². The molecule has 1 N–H and O–H groups in total. The van der Waals surface area contributed by atoms with Gasteiger partial charge in [0.1, 0.15) is 6.04 Å². The first kappa shape index (κ1) is 17.2. The summed E-state index contributed by atoms with van der Waals surface area (Å²) in [6.45, 7) is 5.19. The number of nitrogens with zero attached hydrogens (tertiary/aromatic N) is 3. The van der Waals surface area contributed by atoms with Gasteiger partial charge < -0.3 is 10.2 Å². The molecule has 0 saturated carbocycles. The highest BCUT2D eigenvalue weighted by atomic mass is 79.9. The molecule has 0 saturated heterocycles. The van der Waals surface area contributed by atoms with Crippen LogP contribution >= 0.6 is 15.9 Å². The fraction of sp³-hybridized carbons (Fsp3) is 0.312. The molecule has 1 aromatic heterocycles. The van der Waals surface area contributed by atoms with Crippen molar-refractivity contribution in [1.82, 2.24) is 9.78 Å². The van der Waals surface area contributed by atoms with Crippen LogP contribution in [0, 0.1) is 6.92 Å². The number of benzene rings is 1. The van der Waals surface area contributed by atoms with E-state index in [1.54, 1.807) is 54.0 Å². The Morgan fingerprint density at radius 2 is 1.91 bits per heavy atom. The summed E-state index contributed by atoms with van der Waals surface area (Å²) >= 11 is 3.39. The molecule has 0 bridgehead atoms. The third kappa shape index (κ3) is 3.79. The van der Waals surface area contributed by atoms with E-state index in [-0.39, 0.29) is 11.8 Å². The number of hydrogen-bond acceptors (Lipinski definition) is 3. The van der Waals surface area contributed by atoms with Gasteiger partial charge in [0.05, 0.1) is 16.4 Å². The molecular weight excluding hydrogens is 360 g/mol. The smallest absolute Gasteiger partial charge is 0.248 e. The minimum absolute atomic E-state index is 0.0462. The molecule has 0 fully saturated rings. The molecule has 2 amide bonds. The number of carbonyl (C=O) groups excluding carboxylic acids is 2. The lowest BCUT2D eigenvalue weighted by molar-refractivity contribution is -0.119. The van der Waals surface area contributed by atoms with Gasteiger partial charge in [-0.05, 0) is 54.0 Å². The Labute approximate surface area is 143 Å². The quantitative estimate of drug-likeness (QED) is 0.888. The van der Waals surface area contributed by atoms with Gasteiger partial charge in [0.2, 0.25) is 11.8 Å². The maximum atomic E-state index is 12.3. The van der Waals surface area contributed by atoms with Crippen LogP contribution in [0.1, 0.15) is 25.6 Å². The highest BCUT2D eigenvalue weighted by Gasteiger charge is 2.18. The highest BCUT2D eigenvalue weighted by Crippen LogP contribution is 2.21. The van der Waals surface area contributed by atoms with E-state index in [0.29, 0.717) is 5.69 Å². The summed E-state index contributed by atoms with van der Waals surface area (Å²) < 4.78 is 2.53. The molecule has 23 heavy (non-hydrogen) atoms. The average molecular weight is 379 g/mol.